The van der Waals surface area contributed by atoms with Gasteiger partial charge in [-0.25, -0.2) is 13.1 Å². The number of nitrogens with zero attached hydrogens (tertiary/aromatic N) is 1. The number of carbonyl (C=O) groups is 1. The number of carbonyl (C=O) groups excluding carboxylic acids is 1. The third-order valence-corrected chi connectivity index (χ3v) is 5.17. The predicted octanol–water partition coefficient (Wildman–Crippen LogP) is 1.57. The van der Waals surface area contributed by atoms with Crippen molar-refractivity contribution >= 4 is 37.5 Å². The molecule has 1 aromatic rings. The summed E-state index contributed by atoms with van der Waals surface area (Å²) in [4.78, 5) is 13.6. The highest BCUT2D eigenvalue weighted by Crippen LogP contribution is 2.22. The highest BCUT2D eigenvalue weighted by Gasteiger charge is 2.16. The average molecular weight is 378 g/mol. The van der Waals surface area contributed by atoms with Crippen LogP contribution in [0, 0.1) is 0 Å². The molecule has 0 saturated carbocycles. The zero-order valence-electron chi connectivity index (χ0n) is 12.1. The normalized spacial score (nSPS) is 11.4. The molecule has 0 bridgehead atoms. The van der Waals surface area contributed by atoms with E-state index in [4.69, 9.17) is 5.73 Å². The number of hydrogen-bond acceptors (Lipinski definition) is 4. The number of anilines is 1. The van der Waals surface area contributed by atoms with Crippen molar-refractivity contribution in [3.05, 3.63) is 22.7 Å². The lowest BCUT2D eigenvalue weighted by atomic mass is 10.3. The lowest BCUT2D eigenvalue weighted by Gasteiger charge is -2.18. The van der Waals surface area contributed by atoms with Crippen molar-refractivity contribution in [2.24, 2.45) is 0 Å². The number of nitrogen functional groups attached to an aromatic ring is 1. The van der Waals surface area contributed by atoms with E-state index in [-0.39, 0.29) is 23.8 Å². The Bertz CT molecular complexity index is 601. The molecular weight excluding hydrogens is 358 g/mol. The third-order valence-electron chi connectivity index (χ3n) is 3.03. The molecule has 0 radical (unpaired) electrons. The third kappa shape index (κ3) is 4.98. The number of benzene rings is 1. The van der Waals surface area contributed by atoms with Gasteiger partial charge in [-0.05, 0) is 48.0 Å². The van der Waals surface area contributed by atoms with E-state index in [0.29, 0.717) is 23.2 Å². The number of sulfonamides is 1. The summed E-state index contributed by atoms with van der Waals surface area (Å²) >= 11 is 3.19. The van der Waals surface area contributed by atoms with Gasteiger partial charge in [-0.1, -0.05) is 0 Å². The summed E-state index contributed by atoms with van der Waals surface area (Å²) in [6.45, 7) is 5.08. The molecule has 0 spiro atoms. The minimum absolute atomic E-state index is 0.0683. The van der Waals surface area contributed by atoms with Gasteiger partial charge in [0, 0.05) is 36.2 Å². The van der Waals surface area contributed by atoms with Crippen LogP contribution in [0.25, 0.3) is 0 Å². The molecule has 0 aliphatic carbocycles. The van der Waals surface area contributed by atoms with Crippen LogP contribution in [0.1, 0.15) is 20.3 Å². The topological polar surface area (TPSA) is 92.5 Å². The second kappa shape index (κ2) is 7.77. The summed E-state index contributed by atoms with van der Waals surface area (Å²) in [5.74, 6) is -0.0683. The van der Waals surface area contributed by atoms with E-state index in [0.717, 1.165) is 0 Å². The smallest absolute Gasteiger partial charge is 0.240 e. The van der Waals surface area contributed by atoms with Crippen molar-refractivity contribution in [2.45, 2.75) is 25.2 Å². The Hall–Kier alpha value is -1.12. The van der Waals surface area contributed by atoms with Crippen LogP contribution in [0.3, 0.4) is 0 Å². The molecule has 0 atom stereocenters. The van der Waals surface area contributed by atoms with Crippen LogP contribution in [0.5, 0.6) is 0 Å². The Morgan fingerprint density at radius 1 is 1.33 bits per heavy atom. The molecule has 8 heteroatoms. The largest absolute Gasteiger partial charge is 0.398 e. The summed E-state index contributed by atoms with van der Waals surface area (Å²) in [6.07, 6.45) is 0.136. The van der Waals surface area contributed by atoms with Crippen LogP contribution in [0.2, 0.25) is 0 Å². The fraction of sp³-hybridized carbons (Fsp3) is 0.462. The van der Waals surface area contributed by atoms with Crippen molar-refractivity contribution in [2.75, 3.05) is 25.4 Å². The quantitative estimate of drug-likeness (QED) is 0.705. The second-order valence-corrected chi connectivity index (χ2v) is 7.02. The van der Waals surface area contributed by atoms with E-state index >= 15 is 0 Å². The molecule has 118 valence electrons. The SMILES string of the molecule is CCN(CC)C(=O)CCNS(=O)(=O)c1ccc(N)c(Br)c1. The maximum absolute atomic E-state index is 12.1. The predicted molar refractivity (Wildman–Crippen MR) is 86.3 cm³/mol. The second-order valence-electron chi connectivity index (χ2n) is 4.40. The molecule has 0 saturated heterocycles. The van der Waals surface area contributed by atoms with Gasteiger partial charge in [-0.2, -0.15) is 0 Å². The first-order valence-electron chi connectivity index (χ1n) is 6.64. The first-order chi connectivity index (χ1) is 9.81. The van der Waals surface area contributed by atoms with Crippen LogP contribution in [0.4, 0.5) is 5.69 Å². The van der Waals surface area contributed by atoms with E-state index < -0.39 is 10.0 Å². The molecule has 21 heavy (non-hydrogen) atoms. The number of nitrogens with two attached hydrogens (primary N) is 1. The summed E-state index contributed by atoms with van der Waals surface area (Å²) in [7, 11) is -3.64. The molecule has 1 amide bonds. The maximum Gasteiger partial charge on any atom is 0.240 e. The van der Waals surface area contributed by atoms with Gasteiger partial charge in [0.15, 0.2) is 0 Å². The van der Waals surface area contributed by atoms with Gasteiger partial charge < -0.3 is 10.6 Å². The van der Waals surface area contributed by atoms with Crippen molar-refractivity contribution < 1.29 is 13.2 Å². The number of amides is 1. The van der Waals surface area contributed by atoms with Gasteiger partial charge in [-0.3, -0.25) is 4.79 Å². The first kappa shape index (κ1) is 17.9. The van der Waals surface area contributed by atoms with E-state index in [1.54, 1.807) is 4.90 Å². The van der Waals surface area contributed by atoms with Gasteiger partial charge in [-0.15, -0.1) is 0 Å². The zero-order chi connectivity index (χ0) is 16.0. The number of rotatable bonds is 7. The minimum atomic E-state index is -3.64. The Kier molecular flexibility index (Phi) is 6.63. The van der Waals surface area contributed by atoms with E-state index in [2.05, 4.69) is 20.7 Å². The highest BCUT2D eigenvalue weighted by molar-refractivity contribution is 9.10. The first-order valence-corrected chi connectivity index (χ1v) is 8.91. The average Bonchev–Trinajstić information content (AvgIpc) is 2.43. The highest BCUT2D eigenvalue weighted by atomic mass is 79.9. The lowest BCUT2D eigenvalue weighted by molar-refractivity contribution is -0.130. The fourth-order valence-corrected chi connectivity index (χ4v) is 3.37. The fourth-order valence-electron chi connectivity index (χ4n) is 1.79. The molecule has 3 N–H and O–H groups in total. The van der Waals surface area contributed by atoms with Gasteiger partial charge >= 0.3 is 0 Å². The number of halogens is 1. The van der Waals surface area contributed by atoms with Gasteiger partial charge in [0.1, 0.15) is 0 Å². The van der Waals surface area contributed by atoms with E-state index in [9.17, 15) is 13.2 Å². The molecular formula is C13H20BrN3O3S. The van der Waals surface area contributed by atoms with Gasteiger partial charge in [0.25, 0.3) is 0 Å². The summed E-state index contributed by atoms with van der Waals surface area (Å²) in [6, 6.07) is 4.37. The van der Waals surface area contributed by atoms with Crippen LogP contribution in [-0.4, -0.2) is 38.9 Å². The number of nitrogens with one attached hydrogen (secondary N) is 1. The van der Waals surface area contributed by atoms with Crippen molar-refractivity contribution in [3.8, 4) is 0 Å². The van der Waals surface area contributed by atoms with Crippen LogP contribution in [-0.2, 0) is 14.8 Å². The molecule has 1 aromatic carbocycles. The summed E-state index contributed by atoms with van der Waals surface area (Å²) < 4.78 is 27.1. The minimum Gasteiger partial charge on any atom is -0.398 e. The molecule has 6 nitrogen and oxygen atoms in total. The van der Waals surface area contributed by atoms with Crippen LogP contribution < -0.4 is 10.5 Å². The molecule has 0 aliphatic heterocycles. The van der Waals surface area contributed by atoms with Gasteiger partial charge in [0.05, 0.1) is 4.90 Å². The van der Waals surface area contributed by atoms with Crippen LogP contribution >= 0.6 is 15.9 Å². The number of hydrogen-bond donors (Lipinski definition) is 2. The van der Waals surface area contributed by atoms with Crippen molar-refractivity contribution in [1.29, 1.82) is 0 Å². The summed E-state index contributed by atoms with van der Waals surface area (Å²) in [5, 5.41) is 0. The van der Waals surface area contributed by atoms with Crippen molar-refractivity contribution in [1.82, 2.24) is 9.62 Å². The molecule has 0 fully saturated rings. The van der Waals surface area contributed by atoms with E-state index in [1.807, 2.05) is 13.8 Å². The Morgan fingerprint density at radius 2 is 1.95 bits per heavy atom. The molecule has 0 aromatic heterocycles. The zero-order valence-corrected chi connectivity index (χ0v) is 14.5. The van der Waals surface area contributed by atoms with Gasteiger partial charge in [0.2, 0.25) is 15.9 Å². The Morgan fingerprint density at radius 3 is 2.48 bits per heavy atom. The Labute approximate surface area is 133 Å². The standard InChI is InChI=1S/C13H20BrN3O3S/c1-3-17(4-2)13(18)7-8-16-21(19,20)10-5-6-12(15)11(14)9-10/h5-6,9,16H,3-4,7-8,15H2,1-2H3. The maximum atomic E-state index is 12.1. The van der Waals surface area contributed by atoms with E-state index in [1.165, 1.54) is 18.2 Å². The van der Waals surface area contributed by atoms with Crippen LogP contribution in [0.15, 0.2) is 27.6 Å². The molecule has 0 heterocycles. The molecule has 1 rings (SSSR count). The molecule has 0 aliphatic rings. The summed E-state index contributed by atoms with van der Waals surface area (Å²) in [5.41, 5.74) is 6.09. The molecule has 0 unspecified atom stereocenters. The monoisotopic (exact) mass is 377 g/mol. The Balaban J connectivity index is 2.65. The van der Waals surface area contributed by atoms with Crippen molar-refractivity contribution in [3.63, 3.8) is 0 Å². The lowest BCUT2D eigenvalue weighted by Crippen LogP contribution is -2.34.